The molecule has 0 amide bonds. The van der Waals surface area contributed by atoms with E-state index in [2.05, 4.69) is 0 Å². The van der Waals surface area contributed by atoms with Gasteiger partial charge in [0, 0.05) is 23.9 Å². The number of benzene rings is 1. The minimum Gasteiger partial charge on any atom is -0.508 e. The number of hydrogen-bond donors (Lipinski definition) is 4. The van der Waals surface area contributed by atoms with Crippen LogP contribution in [0.4, 0.5) is 0 Å². The standard InChI is InChI=1S/C9H12N2O2/c10-5-7(11)3-6-1-2-8(12)4-9(6)13/h1-4,12-13H,5,10-11H2. The molecule has 4 heteroatoms. The summed E-state index contributed by atoms with van der Waals surface area (Å²) in [7, 11) is 0. The van der Waals surface area contributed by atoms with Crippen LogP contribution in [-0.2, 0) is 0 Å². The lowest BCUT2D eigenvalue weighted by atomic mass is 10.1. The van der Waals surface area contributed by atoms with Crippen molar-refractivity contribution >= 4 is 6.08 Å². The lowest BCUT2D eigenvalue weighted by Crippen LogP contribution is -2.10. The van der Waals surface area contributed by atoms with Gasteiger partial charge in [-0.25, -0.2) is 0 Å². The average Bonchev–Trinajstić information content (AvgIpc) is 2.09. The van der Waals surface area contributed by atoms with Crippen molar-refractivity contribution in [2.75, 3.05) is 6.54 Å². The van der Waals surface area contributed by atoms with E-state index in [0.717, 1.165) is 0 Å². The number of phenols is 2. The predicted octanol–water partition coefficient (Wildman–Crippen LogP) is 0.356. The monoisotopic (exact) mass is 180 g/mol. The zero-order valence-corrected chi connectivity index (χ0v) is 7.07. The molecule has 0 atom stereocenters. The summed E-state index contributed by atoms with van der Waals surface area (Å²) in [5.74, 6) is -0.00244. The van der Waals surface area contributed by atoms with Crippen molar-refractivity contribution in [3.63, 3.8) is 0 Å². The van der Waals surface area contributed by atoms with Crippen LogP contribution in [0.5, 0.6) is 11.5 Å². The van der Waals surface area contributed by atoms with Gasteiger partial charge < -0.3 is 21.7 Å². The summed E-state index contributed by atoms with van der Waals surface area (Å²) in [5.41, 5.74) is 11.8. The zero-order chi connectivity index (χ0) is 9.84. The van der Waals surface area contributed by atoms with Crippen LogP contribution in [0.25, 0.3) is 6.08 Å². The van der Waals surface area contributed by atoms with E-state index in [0.29, 0.717) is 11.3 Å². The molecule has 4 nitrogen and oxygen atoms in total. The van der Waals surface area contributed by atoms with Crippen LogP contribution in [0, 0.1) is 0 Å². The molecule has 0 saturated heterocycles. The minimum absolute atomic E-state index is 0.0148. The maximum Gasteiger partial charge on any atom is 0.126 e. The molecule has 0 aliphatic carbocycles. The van der Waals surface area contributed by atoms with Crippen molar-refractivity contribution in [3.05, 3.63) is 29.5 Å². The number of nitrogens with two attached hydrogens (primary N) is 2. The molecule has 0 aliphatic rings. The van der Waals surface area contributed by atoms with Crippen molar-refractivity contribution in [2.45, 2.75) is 0 Å². The van der Waals surface area contributed by atoms with Crippen LogP contribution in [0.15, 0.2) is 23.9 Å². The summed E-state index contributed by atoms with van der Waals surface area (Å²) in [4.78, 5) is 0. The number of aromatic hydroxyl groups is 2. The lowest BCUT2D eigenvalue weighted by Gasteiger charge is -2.01. The smallest absolute Gasteiger partial charge is 0.126 e. The molecule has 0 spiro atoms. The Balaban J connectivity index is 3.03. The van der Waals surface area contributed by atoms with Gasteiger partial charge in [-0.05, 0) is 18.2 Å². The van der Waals surface area contributed by atoms with E-state index < -0.39 is 0 Å². The van der Waals surface area contributed by atoms with Crippen LogP contribution in [0.2, 0.25) is 0 Å². The van der Waals surface area contributed by atoms with Gasteiger partial charge in [0.05, 0.1) is 0 Å². The van der Waals surface area contributed by atoms with Gasteiger partial charge in [-0.2, -0.15) is 0 Å². The maximum atomic E-state index is 9.33. The maximum absolute atomic E-state index is 9.33. The van der Waals surface area contributed by atoms with Crippen molar-refractivity contribution in [3.8, 4) is 11.5 Å². The Hall–Kier alpha value is -1.68. The summed E-state index contributed by atoms with van der Waals surface area (Å²) >= 11 is 0. The van der Waals surface area contributed by atoms with E-state index in [4.69, 9.17) is 16.6 Å². The molecule has 0 heterocycles. The van der Waals surface area contributed by atoms with Crippen LogP contribution >= 0.6 is 0 Å². The van der Waals surface area contributed by atoms with Gasteiger partial charge in [0.25, 0.3) is 0 Å². The first-order chi connectivity index (χ1) is 6.13. The Morgan fingerprint density at radius 1 is 1.38 bits per heavy atom. The zero-order valence-electron chi connectivity index (χ0n) is 7.07. The molecular formula is C9H12N2O2. The SMILES string of the molecule is NCC(N)=Cc1ccc(O)cc1O. The second-order valence-electron chi connectivity index (χ2n) is 2.67. The quantitative estimate of drug-likeness (QED) is 0.528. The molecule has 0 aliphatic heterocycles. The number of phenolic OH excluding ortho intramolecular Hbond substituents is 2. The van der Waals surface area contributed by atoms with Gasteiger partial charge in [0.2, 0.25) is 0 Å². The van der Waals surface area contributed by atoms with Crippen molar-refractivity contribution < 1.29 is 10.2 Å². The van der Waals surface area contributed by atoms with E-state index in [9.17, 15) is 5.11 Å². The van der Waals surface area contributed by atoms with Crippen LogP contribution in [0.3, 0.4) is 0 Å². The van der Waals surface area contributed by atoms with E-state index in [1.807, 2.05) is 0 Å². The van der Waals surface area contributed by atoms with Crippen molar-refractivity contribution in [1.82, 2.24) is 0 Å². The first kappa shape index (κ1) is 9.41. The fourth-order valence-electron chi connectivity index (χ4n) is 0.913. The Bertz CT molecular complexity index is 334. The Morgan fingerprint density at radius 3 is 2.62 bits per heavy atom. The van der Waals surface area contributed by atoms with Gasteiger partial charge in [-0.15, -0.1) is 0 Å². The Kier molecular flexibility index (Phi) is 2.76. The third-order valence-electron chi connectivity index (χ3n) is 1.59. The highest BCUT2D eigenvalue weighted by Crippen LogP contribution is 2.23. The lowest BCUT2D eigenvalue weighted by molar-refractivity contribution is 0.450. The molecule has 0 fully saturated rings. The molecule has 0 saturated carbocycles. The average molecular weight is 180 g/mol. The fraction of sp³-hybridized carbons (Fsp3) is 0.111. The van der Waals surface area contributed by atoms with Crippen molar-refractivity contribution in [1.29, 1.82) is 0 Å². The molecule has 1 aromatic carbocycles. The molecule has 0 aromatic heterocycles. The predicted molar refractivity (Wildman–Crippen MR) is 51.0 cm³/mol. The largest absolute Gasteiger partial charge is 0.508 e. The highest BCUT2D eigenvalue weighted by atomic mass is 16.3. The summed E-state index contributed by atoms with van der Waals surface area (Å²) in [6.45, 7) is 0.236. The van der Waals surface area contributed by atoms with Crippen LogP contribution in [0.1, 0.15) is 5.56 Å². The molecule has 0 unspecified atom stereocenters. The second-order valence-corrected chi connectivity index (χ2v) is 2.67. The van der Waals surface area contributed by atoms with E-state index >= 15 is 0 Å². The van der Waals surface area contributed by atoms with E-state index in [1.165, 1.54) is 12.1 Å². The molecule has 6 N–H and O–H groups in total. The highest BCUT2D eigenvalue weighted by Gasteiger charge is 1.99. The first-order valence-electron chi connectivity index (χ1n) is 3.81. The Labute approximate surface area is 76.1 Å². The molecule has 13 heavy (non-hydrogen) atoms. The summed E-state index contributed by atoms with van der Waals surface area (Å²) in [6.07, 6.45) is 1.56. The van der Waals surface area contributed by atoms with Crippen LogP contribution < -0.4 is 11.5 Å². The molecule has 70 valence electrons. The van der Waals surface area contributed by atoms with Crippen LogP contribution in [-0.4, -0.2) is 16.8 Å². The Morgan fingerprint density at radius 2 is 2.08 bits per heavy atom. The summed E-state index contributed by atoms with van der Waals surface area (Å²) < 4.78 is 0. The molecule has 1 rings (SSSR count). The molecule has 0 bridgehead atoms. The normalized spacial score (nSPS) is 11.6. The molecular weight excluding hydrogens is 168 g/mol. The van der Waals surface area contributed by atoms with Gasteiger partial charge in [-0.1, -0.05) is 0 Å². The summed E-state index contributed by atoms with van der Waals surface area (Å²) in [5, 5.41) is 18.3. The third-order valence-corrected chi connectivity index (χ3v) is 1.59. The molecule has 1 aromatic rings. The number of rotatable bonds is 2. The third kappa shape index (κ3) is 2.38. The second kappa shape index (κ2) is 3.82. The van der Waals surface area contributed by atoms with E-state index in [1.54, 1.807) is 12.1 Å². The summed E-state index contributed by atoms with van der Waals surface area (Å²) in [6, 6.07) is 4.28. The van der Waals surface area contributed by atoms with Gasteiger partial charge in [0.1, 0.15) is 11.5 Å². The van der Waals surface area contributed by atoms with Gasteiger partial charge in [0.15, 0.2) is 0 Å². The minimum atomic E-state index is -0.0172. The fourth-order valence-corrected chi connectivity index (χ4v) is 0.913. The highest BCUT2D eigenvalue weighted by molar-refractivity contribution is 5.60. The molecule has 0 radical (unpaired) electrons. The first-order valence-corrected chi connectivity index (χ1v) is 3.81. The van der Waals surface area contributed by atoms with E-state index in [-0.39, 0.29) is 18.0 Å². The number of hydrogen-bond acceptors (Lipinski definition) is 4. The van der Waals surface area contributed by atoms with Gasteiger partial charge in [-0.3, -0.25) is 0 Å². The van der Waals surface area contributed by atoms with Crippen molar-refractivity contribution in [2.24, 2.45) is 11.5 Å². The topological polar surface area (TPSA) is 92.5 Å². The van der Waals surface area contributed by atoms with Gasteiger partial charge >= 0.3 is 0 Å².